The van der Waals surface area contributed by atoms with Crippen LogP contribution in [-0.4, -0.2) is 0 Å². The summed E-state index contributed by atoms with van der Waals surface area (Å²) in [5.74, 6) is 3.25. The molecule has 0 aromatic heterocycles. The molecule has 0 nitrogen and oxygen atoms in total. The zero-order valence-corrected chi connectivity index (χ0v) is 6.56. The average Bonchev–Trinajstić information content (AvgIpc) is 2.63. The van der Waals surface area contributed by atoms with Crippen LogP contribution in [0.2, 0.25) is 0 Å². The van der Waals surface area contributed by atoms with Gasteiger partial charge in [-0.05, 0) is 43.4 Å². The first-order valence-electron chi connectivity index (χ1n) is 4.57. The molecule has 0 saturated heterocycles. The van der Waals surface area contributed by atoms with Crippen molar-refractivity contribution in [1.82, 2.24) is 0 Å². The summed E-state index contributed by atoms with van der Waals surface area (Å²) in [4.78, 5) is 0. The van der Waals surface area contributed by atoms with E-state index in [-0.39, 0.29) is 0 Å². The fraction of sp³-hybridized carbons (Fsp3) is 0.800. The lowest BCUT2D eigenvalue weighted by atomic mass is 9.61. The van der Waals surface area contributed by atoms with E-state index in [9.17, 15) is 0 Å². The Kier molecular flexibility index (Phi) is 0.805. The molecule has 0 spiro atoms. The first-order valence-corrected chi connectivity index (χ1v) is 4.57. The molecule has 0 aromatic rings. The quantitative estimate of drug-likeness (QED) is 0.447. The predicted molar refractivity (Wildman–Crippen MR) is 41.6 cm³/mol. The van der Waals surface area contributed by atoms with Crippen LogP contribution in [0.4, 0.5) is 0 Å². The van der Waals surface area contributed by atoms with Crippen molar-refractivity contribution >= 4 is 0 Å². The third kappa shape index (κ3) is 0.492. The van der Waals surface area contributed by atoms with E-state index in [1.165, 1.54) is 25.7 Å². The molecular weight excluding hydrogens is 120 g/mol. The molecule has 0 N–H and O–H groups in total. The number of fused-ring (bicyclic) bond motifs is 2. The number of rotatable bonds is 0. The molecule has 10 heavy (non-hydrogen) atoms. The molecule has 0 amide bonds. The molecule has 0 heterocycles. The normalized spacial score (nSPS) is 49.5. The summed E-state index contributed by atoms with van der Waals surface area (Å²) in [6, 6.07) is 0. The van der Waals surface area contributed by atoms with Gasteiger partial charge >= 0.3 is 0 Å². The second kappa shape index (κ2) is 1.49. The molecule has 3 rings (SSSR count). The first-order chi connectivity index (χ1) is 4.86. The van der Waals surface area contributed by atoms with Crippen molar-refractivity contribution in [3.05, 3.63) is 11.1 Å². The van der Waals surface area contributed by atoms with Gasteiger partial charge in [-0.25, -0.2) is 0 Å². The summed E-state index contributed by atoms with van der Waals surface area (Å²) in [5, 5.41) is 0. The Hall–Kier alpha value is -0.260. The van der Waals surface area contributed by atoms with Crippen LogP contribution >= 0.6 is 0 Å². The topological polar surface area (TPSA) is 0 Å². The van der Waals surface area contributed by atoms with Crippen molar-refractivity contribution in [2.75, 3.05) is 0 Å². The van der Waals surface area contributed by atoms with Gasteiger partial charge in [-0.15, -0.1) is 0 Å². The van der Waals surface area contributed by atoms with E-state index in [0.29, 0.717) is 0 Å². The first kappa shape index (κ1) is 5.40. The highest BCUT2D eigenvalue weighted by molar-refractivity contribution is 5.41. The second-order valence-electron chi connectivity index (χ2n) is 4.33. The van der Waals surface area contributed by atoms with Crippen molar-refractivity contribution in [3.8, 4) is 0 Å². The van der Waals surface area contributed by atoms with Gasteiger partial charge in [0.1, 0.15) is 0 Å². The summed E-state index contributed by atoms with van der Waals surface area (Å²) in [5.41, 5.74) is 3.72. The van der Waals surface area contributed by atoms with E-state index >= 15 is 0 Å². The van der Waals surface area contributed by atoms with Gasteiger partial charge in [-0.2, -0.15) is 0 Å². The molecule has 0 aromatic carbocycles. The van der Waals surface area contributed by atoms with E-state index in [2.05, 4.69) is 6.92 Å². The Balaban J connectivity index is 1.89. The van der Waals surface area contributed by atoms with Crippen LogP contribution in [-0.2, 0) is 0 Å². The van der Waals surface area contributed by atoms with Crippen LogP contribution in [0.5, 0.6) is 0 Å². The molecule has 0 heteroatoms. The summed E-state index contributed by atoms with van der Waals surface area (Å²) in [6.45, 7) is 2.43. The van der Waals surface area contributed by atoms with Crippen molar-refractivity contribution in [1.29, 1.82) is 0 Å². The van der Waals surface area contributed by atoms with Crippen molar-refractivity contribution in [2.45, 2.75) is 32.6 Å². The van der Waals surface area contributed by atoms with Crippen LogP contribution in [0.1, 0.15) is 32.6 Å². The van der Waals surface area contributed by atoms with Crippen LogP contribution in [0.3, 0.4) is 0 Å². The zero-order valence-electron chi connectivity index (χ0n) is 6.56. The Labute approximate surface area is 62.3 Å². The molecule has 54 valence electrons. The van der Waals surface area contributed by atoms with Gasteiger partial charge < -0.3 is 0 Å². The molecule has 0 bridgehead atoms. The van der Waals surface area contributed by atoms with Gasteiger partial charge in [-0.1, -0.05) is 18.1 Å². The largest absolute Gasteiger partial charge is 0.0663 e. The predicted octanol–water partition coefficient (Wildman–Crippen LogP) is 2.75. The van der Waals surface area contributed by atoms with E-state index < -0.39 is 0 Å². The maximum Gasteiger partial charge on any atom is -0.00999 e. The van der Waals surface area contributed by atoms with Crippen molar-refractivity contribution in [3.63, 3.8) is 0 Å². The fourth-order valence-electron chi connectivity index (χ4n) is 3.01. The highest BCUT2D eigenvalue weighted by Gasteiger charge is 2.47. The van der Waals surface area contributed by atoms with Gasteiger partial charge in [0.15, 0.2) is 0 Å². The molecule has 3 aliphatic rings. The second-order valence-corrected chi connectivity index (χ2v) is 4.33. The summed E-state index contributed by atoms with van der Waals surface area (Å²) in [6.07, 6.45) is 5.93. The minimum atomic E-state index is 1.06. The fourth-order valence-corrected chi connectivity index (χ4v) is 3.01. The molecular formula is C10H14. The number of hydrogen-bond acceptors (Lipinski definition) is 0. The van der Waals surface area contributed by atoms with Gasteiger partial charge in [0.25, 0.3) is 0 Å². The third-order valence-corrected chi connectivity index (χ3v) is 3.83. The Morgan fingerprint density at radius 2 is 2.30 bits per heavy atom. The Morgan fingerprint density at radius 3 is 3.10 bits per heavy atom. The van der Waals surface area contributed by atoms with E-state index in [0.717, 1.165) is 17.8 Å². The lowest BCUT2D eigenvalue weighted by Crippen LogP contribution is -2.35. The number of allylic oxidation sites excluding steroid dienone is 2. The van der Waals surface area contributed by atoms with E-state index in [4.69, 9.17) is 0 Å². The summed E-state index contributed by atoms with van der Waals surface area (Å²) in [7, 11) is 0. The third-order valence-electron chi connectivity index (χ3n) is 3.83. The standard InChI is InChI=1S/C10H14/c1-6-4-10-8(6)3-2-7-5-9(7)10/h6,8,10H,2-5H2,1H3. The van der Waals surface area contributed by atoms with Crippen LogP contribution in [0.15, 0.2) is 11.1 Å². The lowest BCUT2D eigenvalue weighted by molar-refractivity contribution is 0.106. The smallest absolute Gasteiger partial charge is 0.00999 e. The molecule has 0 aliphatic heterocycles. The lowest BCUT2D eigenvalue weighted by Gasteiger charge is -2.43. The molecule has 3 atom stereocenters. The highest BCUT2D eigenvalue weighted by atomic mass is 14.5. The molecule has 0 radical (unpaired) electrons. The molecule has 1 saturated carbocycles. The minimum Gasteiger partial charge on any atom is -0.0663 e. The van der Waals surface area contributed by atoms with Gasteiger partial charge in [0.2, 0.25) is 0 Å². The Morgan fingerprint density at radius 1 is 1.40 bits per heavy atom. The minimum absolute atomic E-state index is 1.06. The van der Waals surface area contributed by atoms with Crippen LogP contribution < -0.4 is 0 Å². The number of hydrogen-bond donors (Lipinski definition) is 0. The van der Waals surface area contributed by atoms with Gasteiger partial charge in [-0.3, -0.25) is 0 Å². The average molecular weight is 134 g/mol. The Bertz CT molecular complexity index is 212. The molecule has 1 fully saturated rings. The molecule has 3 unspecified atom stereocenters. The molecule has 3 aliphatic carbocycles. The van der Waals surface area contributed by atoms with Gasteiger partial charge in [0, 0.05) is 0 Å². The van der Waals surface area contributed by atoms with Crippen LogP contribution in [0.25, 0.3) is 0 Å². The van der Waals surface area contributed by atoms with Crippen LogP contribution in [0, 0.1) is 17.8 Å². The maximum atomic E-state index is 2.43. The highest BCUT2D eigenvalue weighted by Crippen LogP contribution is 2.59. The van der Waals surface area contributed by atoms with Crippen molar-refractivity contribution < 1.29 is 0 Å². The SMILES string of the molecule is CC1CC2C3=C(CCC12)C3. The zero-order chi connectivity index (χ0) is 6.72. The summed E-state index contributed by atoms with van der Waals surface area (Å²) >= 11 is 0. The van der Waals surface area contributed by atoms with E-state index in [1.54, 1.807) is 0 Å². The van der Waals surface area contributed by atoms with Crippen molar-refractivity contribution in [2.24, 2.45) is 17.8 Å². The monoisotopic (exact) mass is 134 g/mol. The summed E-state index contributed by atoms with van der Waals surface area (Å²) < 4.78 is 0. The van der Waals surface area contributed by atoms with Gasteiger partial charge in [0.05, 0.1) is 0 Å². The maximum absolute atomic E-state index is 2.43. The van der Waals surface area contributed by atoms with E-state index in [1.807, 2.05) is 11.1 Å².